The Morgan fingerprint density at radius 2 is 1.89 bits per heavy atom. The van der Waals surface area contributed by atoms with Gasteiger partial charge >= 0.3 is 6.18 Å². The third kappa shape index (κ3) is 7.78. The molecule has 0 aromatic heterocycles. The first kappa shape index (κ1) is 16.8. The highest BCUT2D eigenvalue weighted by atomic mass is 19.4. The van der Waals surface area contributed by atoms with Crippen molar-refractivity contribution in [3.05, 3.63) is 0 Å². The van der Waals surface area contributed by atoms with Gasteiger partial charge in [-0.3, -0.25) is 0 Å². The van der Waals surface area contributed by atoms with E-state index in [-0.39, 0.29) is 6.61 Å². The number of ether oxygens (including phenoxy) is 1. The topological polar surface area (TPSA) is 21.3 Å². The van der Waals surface area contributed by atoms with Gasteiger partial charge in [-0.25, -0.2) is 0 Å². The Kier molecular flexibility index (Phi) is 7.76. The molecule has 1 saturated carbocycles. The van der Waals surface area contributed by atoms with E-state index in [0.717, 1.165) is 32.2 Å². The van der Waals surface area contributed by atoms with E-state index in [4.69, 9.17) is 4.74 Å². The van der Waals surface area contributed by atoms with Crippen LogP contribution in [0, 0.1) is 5.92 Å². The fourth-order valence-corrected chi connectivity index (χ4v) is 2.75. The summed E-state index contributed by atoms with van der Waals surface area (Å²) in [4.78, 5) is 0. The van der Waals surface area contributed by atoms with Crippen LogP contribution < -0.4 is 5.32 Å². The minimum absolute atomic E-state index is 0.217. The standard InChI is InChI=1S/C14H26F3NO/c1-2-9-18-13-7-5-3-4-6-12(13)8-10-19-11-14(15,16)17/h12-13,18H,2-11H2,1H3. The number of rotatable bonds is 7. The zero-order chi connectivity index (χ0) is 14.1. The fraction of sp³-hybridized carbons (Fsp3) is 1.00. The lowest BCUT2D eigenvalue weighted by Gasteiger charge is -2.26. The van der Waals surface area contributed by atoms with E-state index in [0.29, 0.717) is 12.0 Å². The maximum atomic E-state index is 12.0. The monoisotopic (exact) mass is 281 g/mol. The minimum Gasteiger partial charge on any atom is -0.372 e. The first-order valence-corrected chi connectivity index (χ1v) is 7.41. The predicted molar refractivity (Wildman–Crippen MR) is 70.1 cm³/mol. The zero-order valence-corrected chi connectivity index (χ0v) is 11.8. The van der Waals surface area contributed by atoms with Crippen LogP contribution in [-0.4, -0.2) is 32.0 Å². The van der Waals surface area contributed by atoms with Gasteiger partial charge in [-0.1, -0.05) is 26.2 Å². The lowest BCUT2D eigenvalue weighted by Crippen LogP contribution is -2.36. The molecule has 0 spiro atoms. The number of hydrogen-bond donors (Lipinski definition) is 1. The Bertz CT molecular complexity index is 233. The Morgan fingerprint density at radius 1 is 1.16 bits per heavy atom. The molecule has 0 aromatic carbocycles. The van der Waals surface area contributed by atoms with Crippen molar-refractivity contribution in [2.24, 2.45) is 5.92 Å². The van der Waals surface area contributed by atoms with Gasteiger partial charge in [0, 0.05) is 12.6 Å². The second kappa shape index (κ2) is 8.80. The maximum absolute atomic E-state index is 12.0. The highest BCUT2D eigenvalue weighted by molar-refractivity contribution is 4.79. The van der Waals surface area contributed by atoms with Crippen LogP contribution in [0.1, 0.15) is 51.9 Å². The van der Waals surface area contributed by atoms with Crippen LogP contribution in [0.4, 0.5) is 13.2 Å². The summed E-state index contributed by atoms with van der Waals surface area (Å²) in [6, 6.07) is 0.455. The molecule has 1 rings (SSSR count). The van der Waals surface area contributed by atoms with Crippen LogP contribution in [0.15, 0.2) is 0 Å². The van der Waals surface area contributed by atoms with Crippen molar-refractivity contribution in [2.75, 3.05) is 19.8 Å². The molecule has 114 valence electrons. The number of nitrogens with one attached hydrogen (secondary N) is 1. The number of hydrogen-bond acceptors (Lipinski definition) is 2. The van der Waals surface area contributed by atoms with Crippen molar-refractivity contribution in [3.63, 3.8) is 0 Å². The van der Waals surface area contributed by atoms with Crippen LogP contribution in [0.2, 0.25) is 0 Å². The molecule has 0 radical (unpaired) electrons. The first-order valence-electron chi connectivity index (χ1n) is 7.41. The molecule has 1 fully saturated rings. The Morgan fingerprint density at radius 3 is 2.58 bits per heavy atom. The second-order valence-corrected chi connectivity index (χ2v) is 5.42. The Hall–Kier alpha value is -0.290. The lowest BCUT2D eigenvalue weighted by atomic mass is 9.91. The van der Waals surface area contributed by atoms with Gasteiger partial charge in [0.05, 0.1) is 0 Å². The minimum atomic E-state index is -4.21. The van der Waals surface area contributed by atoms with Crippen LogP contribution in [0.5, 0.6) is 0 Å². The molecular formula is C14H26F3NO. The van der Waals surface area contributed by atoms with Crippen molar-refractivity contribution in [1.29, 1.82) is 0 Å². The summed E-state index contributed by atoms with van der Waals surface area (Å²) in [5.41, 5.74) is 0. The SMILES string of the molecule is CCCNC1CCCCCC1CCOCC(F)(F)F. The van der Waals surface area contributed by atoms with E-state index in [1.807, 2.05) is 0 Å². The highest BCUT2D eigenvalue weighted by Gasteiger charge is 2.28. The van der Waals surface area contributed by atoms with Gasteiger partial charge in [-0.2, -0.15) is 13.2 Å². The maximum Gasteiger partial charge on any atom is 0.411 e. The summed E-state index contributed by atoms with van der Waals surface area (Å²) in [5, 5.41) is 3.54. The van der Waals surface area contributed by atoms with Gasteiger partial charge in [0.15, 0.2) is 0 Å². The molecule has 2 atom stereocenters. The molecule has 0 saturated heterocycles. The zero-order valence-electron chi connectivity index (χ0n) is 11.8. The molecule has 19 heavy (non-hydrogen) atoms. The average Bonchev–Trinajstić information content (AvgIpc) is 2.56. The molecule has 0 bridgehead atoms. The van der Waals surface area contributed by atoms with Crippen molar-refractivity contribution in [3.8, 4) is 0 Å². The molecule has 5 heteroatoms. The summed E-state index contributed by atoms with van der Waals surface area (Å²) < 4.78 is 40.7. The Labute approximate surface area is 114 Å². The normalized spacial score (nSPS) is 25.3. The van der Waals surface area contributed by atoms with E-state index in [9.17, 15) is 13.2 Å². The van der Waals surface area contributed by atoms with E-state index in [1.54, 1.807) is 0 Å². The third-order valence-electron chi connectivity index (χ3n) is 3.71. The molecule has 2 unspecified atom stereocenters. The van der Waals surface area contributed by atoms with E-state index < -0.39 is 12.8 Å². The van der Waals surface area contributed by atoms with Crippen molar-refractivity contribution >= 4 is 0 Å². The van der Waals surface area contributed by atoms with E-state index in [1.165, 1.54) is 19.3 Å². The predicted octanol–water partition coefficient (Wildman–Crippen LogP) is 3.90. The van der Waals surface area contributed by atoms with Crippen LogP contribution in [-0.2, 0) is 4.74 Å². The molecule has 1 aliphatic rings. The van der Waals surface area contributed by atoms with Crippen LogP contribution >= 0.6 is 0 Å². The Balaban J connectivity index is 2.29. The van der Waals surface area contributed by atoms with Gasteiger partial charge < -0.3 is 10.1 Å². The fourth-order valence-electron chi connectivity index (χ4n) is 2.75. The molecule has 1 aliphatic carbocycles. The van der Waals surface area contributed by atoms with Crippen molar-refractivity contribution < 1.29 is 17.9 Å². The number of alkyl halides is 3. The average molecular weight is 281 g/mol. The largest absolute Gasteiger partial charge is 0.411 e. The van der Waals surface area contributed by atoms with Gasteiger partial charge in [-0.15, -0.1) is 0 Å². The molecule has 0 aromatic rings. The van der Waals surface area contributed by atoms with Crippen LogP contribution in [0.25, 0.3) is 0 Å². The summed E-state index contributed by atoms with van der Waals surface area (Å²) in [7, 11) is 0. The number of halogens is 3. The van der Waals surface area contributed by atoms with Gasteiger partial charge in [0.25, 0.3) is 0 Å². The summed E-state index contributed by atoms with van der Waals surface area (Å²) in [6.45, 7) is 2.22. The van der Waals surface area contributed by atoms with Gasteiger partial charge in [0.2, 0.25) is 0 Å². The summed E-state index contributed by atoms with van der Waals surface area (Å²) in [6.07, 6.45) is 3.52. The lowest BCUT2D eigenvalue weighted by molar-refractivity contribution is -0.174. The summed E-state index contributed by atoms with van der Waals surface area (Å²) in [5.74, 6) is 0.460. The third-order valence-corrected chi connectivity index (χ3v) is 3.71. The van der Waals surface area contributed by atoms with E-state index in [2.05, 4.69) is 12.2 Å². The molecule has 1 N–H and O–H groups in total. The smallest absolute Gasteiger partial charge is 0.372 e. The molecule has 0 heterocycles. The summed E-state index contributed by atoms with van der Waals surface area (Å²) >= 11 is 0. The van der Waals surface area contributed by atoms with Crippen molar-refractivity contribution in [1.82, 2.24) is 5.32 Å². The van der Waals surface area contributed by atoms with Gasteiger partial charge in [0.1, 0.15) is 6.61 Å². The molecule has 0 amide bonds. The second-order valence-electron chi connectivity index (χ2n) is 5.42. The van der Waals surface area contributed by atoms with Crippen LogP contribution in [0.3, 0.4) is 0 Å². The molecule has 2 nitrogen and oxygen atoms in total. The molecule has 0 aliphatic heterocycles. The highest BCUT2D eigenvalue weighted by Crippen LogP contribution is 2.26. The molecular weight excluding hydrogens is 255 g/mol. The van der Waals surface area contributed by atoms with Crippen molar-refractivity contribution in [2.45, 2.75) is 64.1 Å². The quantitative estimate of drug-likeness (QED) is 0.564. The first-order chi connectivity index (χ1) is 9.03. The van der Waals surface area contributed by atoms with E-state index >= 15 is 0 Å². The van der Waals surface area contributed by atoms with Gasteiger partial charge in [-0.05, 0) is 38.1 Å².